The third-order valence-corrected chi connectivity index (χ3v) is 1.96. The van der Waals surface area contributed by atoms with Gasteiger partial charge < -0.3 is 9.84 Å². The van der Waals surface area contributed by atoms with E-state index in [0.29, 0.717) is 0 Å². The zero-order chi connectivity index (χ0) is 12.3. The van der Waals surface area contributed by atoms with Gasteiger partial charge in [0.15, 0.2) is 0 Å². The predicted octanol–water partition coefficient (Wildman–Crippen LogP) is 0.720. The molecule has 0 aliphatic heterocycles. The molecule has 0 bridgehead atoms. The van der Waals surface area contributed by atoms with Crippen molar-refractivity contribution >= 4 is 11.9 Å². The minimum atomic E-state index is -1.05. The SMILES string of the molecule is O=C(O)c1ccc(C(=O)Oc2c[nH]nn2)cc1.[Ni]. The van der Waals surface area contributed by atoms with E-state index in [2.05, 4.69) is 15.4 Å². The van der Waals surface area contributed by atoms with E-state index < -0.39 is 11.9 Å². The fourth-order valence-electron chi connectivity index (χ4n) is 1.14. The maximum absolute atomic E-state index is 11.5. The van der Waals surface area contributed by atoms with E-state index in [1.165, 1.54) is 30.5 Å². The molecule has 0 atom stereocenters. The quantitative estimate of drug-likeness (QED) is 0.638. The van der Waals surface area contributed by atoms with Gasteiger partial charge in [-0.15, -0.1) is 0 Å². The van der Waals surface area contributed by atoms with Gasteiger partial charge in [-0.2, -0.15) is 0 Å². The number of rotatable bonds is 3. The van der Waals surface area contributed by atoms with Crippen molar-refractivity contribution in [1.82, 2.24) is 15.4 Å². The third kappa shape index (κ3) is 3.14. The van der Waals surface area contributed by atoms with E-state index in [9.17, 15) is 9.59 Å². The molecular weight excluding hydrogens is 285 g/mol. The van der Waals surface area contributed by atoms with Crippen molar-refractivity contribution < 1.29 is 35.9 Å². The van der Waals surface area contributed by atoms with Gasteiger partial charge in [0, 0.05) is 16.5 Å². The maximum Gasteiger partial charge on any atom is 0.344 e. The fraction of sp³-hybridized carbons (Fsp3) is 0. The van der Waals surface area contributed by atoms with Crippen LogP contribution in [0.3, 0.4) is 0 Å². The zero-order valence-electron chi connectivity index (χ0n) is 8.77. The number of hydrogen-bond donors (Lipinski definition) is 2. The summed E-state index contributed by atoms with van der Waals surface area (Å²) in [6.45, 7) is 0. The first kappa shape index (κ1) is 13.9. The van der Waals surface area contributed by atoms with Gasteiger partial charge in [0.2, 0.25) is 0 Å². The molecule has 0 aliphatic rings. The summed E-state index contributed by atoms with van der Waals surface area (Å²) in [5.41, 5.74) is 0.334. The molecule has 1 heterocycles. The van der Waals surface area contributed by atoms with E-state index in [4.69, 9.17) is 9.84 Å². The van der Waals surface area contributed by atoms with Crippen LogP contribution in [0.4, 0.5) is 0 Å². The number of nitrogens with zero attached hydrogens (tertiary/aromatic N) is 2. The molecule has 0 radical (unpaired) electrons. The van der Waals surface area contributed by atoms with Gasteiger partial charge in [-0.25, -0.2) is 9.59 Å². The van der Waals surface area contributed by atoms with Gasteiger partial charge >= 0.3 is 11.9 Å². The number of aromatic amines is 1. The Morgan fingerprint density at radius 1 is 1.17 bits per heavy atom. The van der Waals surface area contributed by atoms with Gasteiger partial charge in [-0.1, -0.05) is 10.3 Å². The first-order valence-corrected chi connectivity index (χ1v) is 4.59. The number of nitrogens with one attached hydrogen (secondary N) is 1. The van der Waals surface area contributed by atoms with Crippen LogP contribution in [0.2, 0.25) is 0 Å². The summed E-state index contributed by atoms with van der Waals surface area (Å²) < 4.78 is 4.85. The van der Waals surface area contributed by atoms with E-state index >= 15 is 0 Å². The molecule has 8 heteroatoms. The minimum absolute atomic E-state index is 0. The second-order valence-corrected chi connectivity index (χ2v) is 3.08. The van der Waals surface area contributed by atoms with E-state index in [0.717, 1.165) is 0 Å². The summed E-state index contributed by atoms with van der Waals surface area (Å²) in [6, 6.07) is 5.38. The fourth-order valence-corrected chi connectivity index (χ4v) is 1.14. The summed E-state index contributed by atoms with van der Waals surface area (Å²) in [4.78, 5) is 22.1. The number of aromatic nitrogens is 3. The molecule has 0 spiro atoms. The molecule has 0 fully saturated rings. The molecule has 0 saturated heterocycles. The number of benzene rings is 1. The number of carbonyl (C=O) groups is 2. The van der Waals surface area contributed by atoms with E-state index in [1.807, 2.05) is 0 Å². The number of hydrogen-bond acceptors (Lipinski definition) is 5. The standard InChI is InChI=1S/C10H7N3O4.Ni/c14-9(15)6-1-3-7(4-2-6)10(16)17-8-5-11-13-12-8;/h1-5H,(H,14,15)(H,11,12,13);. The van der Waals surface area contributed by atoms with Crippen LogP contribution in [0, 0.1) is 0 Å². The molecule has 2 rings (SSSR count). The van der Waals surface area contributed by atoms with E-state index in [1.54, 1.807) is 0 Å². The average Bonchev–Trinajstić information content (AvgIpc) is 2.82. The normalized spacial score (nSPS) is 9.33. The number of H-pyrrole nitrogens is 1. The second kappa shape index (κ2) is 5.93. The first-order chi connectivity index (χ1) is 8.16. The summed E-state index contributed by atoms with van der Waals surface area (Å²) in [6.07, 6.45) is 1.32. The Hall–Kier alpha value is -2.21. The maximum atomic E-state index is 11.5. The van der Waals surface area contributed by atoms with Crippen LogP contribution in [0.15, 0.2) is 30.5 Å². The molecule has 0 saturated carbocycles. The monoisotopic (exact) mass is 291 g/mol. The Morgan fingerprint density at radius 2 is 1.78 bits per heavy atom. The molecule has 2 N–H and O–H groups in total. The van der Waals surface area contributed by atoms with Crippen molar-refractivity contribution in [1.29, 1.82) is 0 Å². The topological polar surface area (TPSA) is 105 Å². The molecule has 7 nitrogen and oxygen atoms in total. The number of carboxylic acid groups (broad SMARTS) is 1. The van der Waals surface area contributed by atoms with Crippen LogP contribution in [-0.4, -0.2) is 32.5 Å². The van der Waals surface area contributed by atoms with Crippen molar-refractivity contribution in [3.63, 3.8) is 0 Å². The minimum Gasteiger partial charge on any atom is -0.478 e. The van der Waals surface area contributed by atoms with Crippen molar-refractivity contribution in [2.45, 2.75) is 0 Å². The summed E-state index contributed by atoms with van der Waals surface area (Å²) >= 11 is 0. The summed E-state index contributed by atoms with van der Waals surface area (Å²) in [5.74, 6) is -1.63. The largest absolute Gasteiger partial charge is 0.478 e. The number of aromatic carboxylic acids is 1. The summed E-state index contributed by atoms with van der Waals surface area (Å²) in [5, 5.41) is 17.9. The van der Waals surface area contributed by atoms with Crippen LogP contribution < -0.4 is 4.74 Å². The van der Waals surface area contributed by atoms with Gasteiger partial charge in [0.05, 0.1) is 17.3 Å². The second-order valence-electron chi connectivity index (χ2n) is 3.08. The molecule has 2 aromatic rings. The van der Waals surface area contributed by atoms with Crippen LogP contribution in [0.1, 0.15) is 20.7 Å². The van der Waals surface area contributed by atoms with E-state index in [-0.39, 0.29) is 33.5 Å². The van der Waals surface area contributed by atoms with Crippen LogP contribution >= 0.6 is 0 Å². The average molecular weight is 292 g/mol. The van der Waals surface area contributed by atoms with Crippen LogP contribution in [0.5, 0.6) is 5.88 Å². The molecule has 1 aromatic heterocycles. The molecular formula is C10H7N3NiO4. The Kier molecular flexibility index (Phi) is 4.56. The van der Waals surface area contributed by atoms with Crippen molar-refractivity contribution in [2.75, 3.05) is 0 Å². The Morgan fingerprint density at radius 3 is 2.28 bits per heavy atom. The third-order valence-electron chi connectivity index (χ3n) is 1.96. The van der Waals surface area contributed by atoms with Crippen LogP contribution in [0.25, 0.3) is 0 Å². The number of carbonyl (C=O) groups excluding carboxylic acids is 1. The number of carboxylic acids is 1. The first-order valence-electron chi connectivity index (χ1n) is 4.59. The van der Waals surface area contributed by atoms with Gasteiger partial charge in [-0.05, 0) is 24.3 Å². The molecule has 0 unspecified atom stereocenters. The molecule has 1 aromatic carbocycles. The predicted molar refractivity (Wildman–Crippen MR) is 54.7 cm³/mol. The number of ether oxygens (including phenoxy) is 1. The molecule has 96 valence electrons. The van der Waals surface area contributed by atoms with Gasteiger partial charge in [0.25, 0.3) is 5.88 Å². The van der Waals surface area contributed by atoms with Gasteiger partial charge in [0.1, 0.15) is 0 Å². The zero-order valence-corrected chi connectivity index (χ0v) is 9.76. The Bertz CT molecular complexity index is 539. The smallest absolute Gasteiger partial charge is 0.344 e. The number of esters is 1. The Labute approximate surface area is 111 Å². The molecule has 18 heavy (non-hydrogen) atoms. The van der Waals surface area contributed by atoms with Crippen molar-refractivity contribution in [3.05, 3.63) is 41.6 Å². The van der Waals surface area contributed by atoms with Gasteiger partial charge in [-0.3, -0.25) is 5.10 Å². The van der Waals surface area contributed by atoms with Crippen LogP contribution in [-0.2, 0) is 16.5 Å². The summed E-state index contributed by atoms with van der Waals surface area (Å²) in [7, 11) is 0. The Balaban J connectivity index is 0.00000162. The van der Waals surface area contributed by atoms with Crippen molar-refractivity contribution in [3.8, 4) is 5.88 Å². The molecule has 0 aliphatic carbocycles. The molecule has 0 amide bonds. The van der Waals surface area contributed by atoms with Crippen molar-refractivity contribution in [2.24, 2.45) is 0 Å².